The Balaban J connectivity index is 2.23. The van der Waals surface area contributed by atoms with E-state index in [4.69, 9.17) is 9.84 Å². The van der Waals surface area contributed by atoms with Crippen molar-refractivity contribution in [3.05, 3.63) is 24.3 Å². The summed E-state index contributed by atoms with van der Waals surface area (Å²) in [5.41, 5.74) is 0.681. The van der Waals surface area contributed by atoms with Crippen molar-refractivity contribution in [2.24, 2.45) is 5.92 Å². The maximum absolute atomic E-state index is 12.1. The molecule has 0 aromatic heterocycles. The number of amides is 1. The molecule has 1 amide bonds. The summed E-state index contributed by atoms with van der Waals surface area (Å²) < 4.78 is 5.06. The average molecular weight is 263 g/mol. The van der Waals surface area contributed by atoms with Gasteiger partial charge in [0.2, 0.25) is 5.91 Å². The second-order valence-corrected chi connectivity index (χ2v) is 4.58. The number of carbonyl (C=O) groups excluding carboxylic acids is 2. The molecule has 1 saturated heterocycles. The molecule has 1 fully saturated rings. The van der Waals surface area contributed by atoms with Crippen molar-refractivity contribution < 1.29 is 19.4 Å². The van der Waals surface area contributed by atoms with E-state index in [-0.39, 0.29) is 18.3 Å². The summed E-state index contributed by atoms with van der Waals surface area (Å²) in [4.78, 5) is 25.2. The quantitative estimate of drug-likeness (QED) is 0.805. The number of ether oxygens (including phenoxy) is 1. The summed E-state index contributed by atoms with van der Waals surface area (Å²) >= 11 is 0. The number of aliphatic hydroxyl groups excluding tert-OH is 1. The number of benzene rings is 1. The van der Waals surface area contributed by atoms with Crippen LogP contribution in [-0.4, -0.2) is 36.6 Å². The largest absolute Gasteiger partial charge is 0.497 e. The molecule has 19 heavy (non-hydrogen) atoms. The highest BCUT2D eigenvalue weighted by molar-refractivity contribution is 6.11. The maximum Gasteiger partial charge on any atom is 0.233 e. The summed E-state index contributed by atoms with van der Waals surface area (Å²) in [7, 11) is 1.57. The van der Waals surface area contributed by atoms with E-state index in [1.807, 2.05) is 0 Å². The lowest BCUT2D eigenvalue weighted by Gasteiger charge is -2.45. The molecule has 0 bridgehead atoms. The molecule has 1 aliphatic rings. The van der Waals surface area contributed by atoms with Crippen LogP contribution < -0.4 is 9.64 Å². The zero-order valence-electron chi connectivity index (χ0n) is 11.0. The lowest BCUT2D eigenvalue weighted by Crippen LogP contribution is -2.64. The number of methoxy groups -OCH3 is 1. The first-order valence-corrected chi connectivity index (χ1v) is 6.18. The average Bonchev–Trinajstić information content (AvgIpc) is 2.41. The highest BCUT2D eigenvalue weighted by Gasteiger charge is 2.49. The van der Waals surface area contributed by atoms with Gasteiger partial charge < -0.3 is 14.7 Å². The number of anilines is 1. The van der Waals surface area contributed by atoms with Crippen LogP contribution in [-0.2, 0) is 9.59 Å². The topological polar surface area (TPSA) is 66.8 Å². The summed E-state index contributed by atoms with van der Waals surface area (Å²) in [6.07, 6.45) is 0.329. The van der Waals surface area contributed by atoms with E-state index < -0.39 is 12.0 Å². The minimum atomic E-state index is -0.465. The molecule has 5 nitrogen and oxygen atoms in total. The lowest BCUT2D eigenvalue weighted by atomic mass is 9.82. The zero-order chi connectivity index (χ0) is 14.0. The first-order chi connectivity index (χ1) is 9.10. The molecule has 5 heteroatoms. The fourth-order valence-electron chi connectivity index (χ4n) is 2.46. The van der Waals surface area contributed by atoms with Crippen LogP contribution in [0.3, 0.4) is 0 Å². The SMILES string of the molecule is COc1ccc(N2C(=O)[C@@H](CCO)[C@H]2C(C)=O)cc1. The van der Waals surface area contributed by atoms with Gasteiger partial charge in [-0.15, -0.1) is 0 Å². The molecule has 1 aliphatic heterocycles. The molecular formula is C14H17NO4. The van der Waals surface area contributed by atoms with Gasteiger partial charge in [-0.25, -0.2) is 0 Å². The Kier molecular flexibility index (Phi) is 3.85. The second kappa shape index (κ2) is 5.40. The number of carbonyl (C=O) groups is 2. The number of hydrogen-bond acceptors (Lipinski definition) is 4. The highest BCUT2D eigenvalue weighted by atomic mass is 16.5. The number of rotatable bonds is 5. The third kappa shape index (κ3) is 2.33. The predicted molar refractivity (Wildman–Crippen MR) is 70.1 cm³/mol. The minimum absolute atomic E-state index is 0.0612. The van der Waals surface area contributed by atoms with E-state index in [1.165, 1.54) is 11.8 Å². The molecule has 1 aromatic carbocycles. The van der Waals surface area contributed by atoms with Crippen molar-refractivity contribution in [3.8, 4) is 5.75 Å². The number of hydrogen-bond donors (Lipinski definition) is 1. The number of ketones is 1. The molecule has 0 unspecified atom stereocenters. The monoisotopic (exact) mass is 263 g/mol. The Labute approximate surface area is 111 Å². The van der Waals surface area contributed by atoms with Gasteiger partial charge >= 0.3 is 0 Å². The minimum Gasteiger partial charge on any atom is -0.497 e. The Morgan fingerprint density at radius 2 is 2.00 bits per heavy atom. The summed E-state index contributed by atoms with van der Waals surface area (Å²) in [5, 5.41) is 8.95. The van der Waals surface area contributed by atoms with Crippen LogP contribution >= 0.6 is 0 Å². The Morgan fingerprint density at radius 3 is 2.47 bits per heavy atom. The zero-order valence-corrected chi connectivity index (χ0v) is 11.0. The molecule has 2 rings (SSSR count). The maximum atomic E-state index is 12.1. The van der Waals surface area contributed by atoms with Gasteiger partial charge in [-0.2, -0.15) is 0 Å². The summed E-state index contributed by atoms with van der Waals surface area (Å²) in [6, 6.07) is 6.54. The van der Waals surface area contributed by atoms with Crippen LogP contribution in [0.2, 0.25) is 0 Å². The molecule has 1 heterocycles. The first kappa shape index (κ1) is 13.5. The highest BCUT2D eigenvalue weighted by Crippen LogP contribution is 2.35. The van der Waals surface area contributed by atoms with Gasteiger partial charge in [-0.1, -0.05) is 0 Å². The van der Waals surface area contributed by atoms with Crippen molar-refractivity contribution in [2.75, 3.05) is 18.6 Å². The molecule has 0 radical (unpaired) electrons. The van der Waals surface area contributed by atoms with E-state index in [0.29, 0.717) is 17.9 Å². The van der Waals surface area contributed by atoms with Gasteiger partial charge in [-0.3, -0.25) is 9.59 Å². The molecule has 0 saturated carbocycles. The van der Waals surface area contributed by atoms with Crippen LogP contribution in [0.25, 0.3) is 0 Å². The van der Waals surface area contributed by atoms with Gasteiger partial charge in [0.15, 0.2) is 5.78 Å². The first-order valence-electron chi connectivity index (χ1n) is 6.18. The summed E-state index contributed by atoms with van der Waals surface area (Å²) in [6.45, 7) is 1.38. The third-order valence-electron chi connectivity index (χ3n) is 3.42. The molecular weight excluding hydrogens is 246 g/mol. The van der Waals surface area contributed by atoms with Crippen molar-refractivity contribution in [2.45, 2.75) is 19.4 Å². The van der Waals surface area contributed by atoms with Crippen LogP contribution in [0, 0.1) is 5.92 Å². The van der Waals surface area contributed by atoms with Gasteiger partial charge in [0.1, 0.15) is 11.8 Å². The van der Waals surface area contributed by atoms with Gasteiger partial charge in [-0.05, 0) is 37.6 Å². The van der Waals surface area contributed by atoms with Crippen molar-refractivity contribution in [1.82, 2.24) is 0 Å². The molecule has 0 spiro atoms. The Morgan fingerprint density at radius 1 is 1.37 bits per heavy atom. The smallest absolute Gasteiger partial charge is 0.233 e. The van der Waals surface area contributed by atoms with E-state index in [1.54, 1.807) is 31.4 Å². The van der Waals surface area contributed by atoms with E-state index >= 15 is 0 Å². The normalized spacial score (nSPS) is 22.1. The van der Waals surface area contributed by atoms with Crippen LogP contribution in [0.15, 0.2) is 24.3 Å². The van der Waals surface area contributed by atoms with E-state index in [9.17, 15) is 9.59 Å². The second-order valence-electron chi connectivity index (χ2n) is 4.58. The van der Waals surface area contributed by atoms with Gasteiger partial charge in [0.05, 0.1) is 13.0 Å². The third-order valence-corrected chi connectivity index (χ3v) is 3.42. The Bertz CT molecular complexity index is 483. The van der Waals surface area contributed by atoms with Crippen molar-refractivity contribution >= 4 is 17.4 Å². The number of nitrogens with zero attached hydrogens (tertiary/aromatic N) is 1. The van der Waals surface area contributed by atoms with Crippen molar-refractivity contribution in [1.29, 1.82) is 0 Å². The number of Topliss-reactive ketones (excluding diaryl/α,β-unsaturated/α-hetero) is 1. The standard InChI is InChI=1S/C14H17NO4/c1-9(17)13-12(7-8-16)14(18)15(13)10-3-5-11(19-2)6-4-10/h3-6,12-13,16H,7-8H2,1-2H3/t12-,13+/m0/s1. The molecule has 2 atom stereocenters. The Hall–Kier alpha value is -1.88. The summed E-state index contributed by atoms with van der Waals surface area (Å²) in [5.74, 6) is 0.126. The van der Waals surface area contributed by atoms with Crippen LogP contribution in [0.1, 0.15) is 13.3 Å². The number of β-lactam (4-membered cyclic amide) rings is 1. The fourth-order valence-corrected chi connectivity index (χ4v) is 2.46. The molecule has 0 aliphatic carbocycles. The molecule has 102 valence electrons. The van der Waals surface area contributed by atoms with Crippen LogP contribution in [0.4, 0.5) is 5.69 Å². The van der Waals surface area contributed by atoms with Gasteiger partial charge in [0.25, 0.3) is 0 Å². The molecule has 1 aromatic rings. The van der Waals surface area contributed by atoms with E-state index in [0.717, 1.165) is 0 Å². The predicted octanol–water partition coefficient (Wildman–Crippen LogP) is 0.998. The van der Waals surface area contributed by atoms with Crippen molar-refractivity contribution in [3.63, 3.8) is 0 Å². The molecule has 1 N–H and O–H groups in total. The van der Waals surface area contributed by atoms with Gasteiger partial charge in [0, 0.05) is 12.3 Å². The number of aliphatic hydroxyl groups is 1. The fraction of sp³-hybridized carbons (Fsp3) is 0.429. The van der Waals surface area contributed by atoms with Crippen LogP contribution in [0.5, 0.6) is 5.75 Å². The van der Waals surface area contributed by atoms with E-state index in [2.05, 4.69) is 0 Å². The lowest BCUT2D eigenvalue weighted by molar-refractivity contribution is -0.137.